The molecule has 0 unspecified atom stereocenters. The summed E-state index contributed by atoms with van der Waals surface area (Å²) >= 11 is 0. The molecule has 8 nitrogen and oxygen atoms in total. The minimum atomic E-state index is -0.539. The normalized spacial score (nSPS) is 42.5. The summed E-state index contributed by atoms with van der Waals surface area (Å²) in [6.45, 7) is 7.31. The van der Waals surface area contributed by atoms with Crippen LogP contribution in [0.2, 0.25) is 0 Å². The zero-order valence-electron chi connectivity index (χ0n) is 24.8. The molecule has 3 spiro atoms. The van der Waals surface area contributed by atoms with Gasteiger partial charge in [0.2, 0.25) is 11.8 Å². The highest BCUT2D eigenvalue weighted by atomic mass is 16.6. The third-order valence-electron chi connectivity index (χ3n) is 13.0. The second-order valence-corrected chi connectivity index (χ2v) is 14.5. The zero-order valence-corrected chi connectivity index (χ0v) is 24.8. The Labute approximate surface area is 243 Å². The molecule has 0 aromatic heterocycles. The van der Waals surface area contributed by atoms with Crippen LogP contribution in [0.3, 0.4) is 0 Å². The van der Waals surface area contributed by atoms with Crippen molar-refractivity contribution in [3.8, 4) is 11.5 Å². The Balaban J connectivity index is 1.18. The molecule has 5 aliphatic carbocycles. The van der Waals surface area contributed by atoms with E-state index < -0.39 is 5.60 Å². The largest absolute Gasteiger partial charge is 0.504 e. The topological polar surface area (TPSA) is 91.3 Å². The van der Waals surface area contributed by atoms with Crippen molar-refractivity contribution in [1.82, 2.24) is 15.1 Å². The minimum Gasteiger partial charge on any atom is -0.504 e. The molecule has 4 bridgehead atoms. The van der Waals surface area contributed by atoms with E-state index >= 15 is 0 Å². The van der Waals surface area contributed by atoms with Gasteiger partial charge in [-0.05, 0) is 69.5 Å². The van der Waals surface area contributed by atoms with Gasteiger partial charge in [-0.15, -0.1) is 0 Å². The van der Waals surface area contributed by atoms with Crippen LogP contribution in [-0.4, -0.2) is 83.8 Å². The van der Waals surface area contributed by atoms with Crippen molar-refractivity contribution in [2.45, 2.75) is 107 Å². The molecule has 2 N–H and O–H groups in total. The lowest BCUT2D eigenvalue weighted by Gasteiger charge is -2.68. The molecule has 8 heteroatoms. The number of carbonyl (C=O) groups excluding carboxylic acids is 2. The number of nitrogens with zero attached hydrogens (tertiary/aromatic N) is 2. The zero-order chi connectivity index (χ0) is 28.4. The highest BCUT2D eigenvalue weighted by Gasteiger charge is 2.87. The summed E-state index contributed by atoms with van der Waals surface area (Å²) in [7, 11) is 1.82. The van der Waals surface area contributed by atoms with Crippen LogP contribution in [0.5, 0.6) is 11.5 Å². The first-order chi connectivity index (χ1) is 19.8. The van der Waals surface area contributed by atoms with Gasteiger partial charge < -0.3 is 24.8 Å². The van der Waals surface area contributed by atoms with Crippen molar-refractivity contribution in [3.05, 3.63) is 23.3 Å². The first-order valence-corrected chi connectivity index (χ1v) is 16.1. The highest BCUT2D eigenvalue weighted by Crippen LogP contribution is 2.83. The van der Waals surface area contributed by atoms with Gasteiger partial charge in [0.1, 0.15) is 17.7 Å². The molecule has 3 heterocycles. The number of hydrogen-bond donors (Lipinski definition) is 2. The van der Waals surface area contributed by atoms with Crippen LogP contribution in [0.25, 0.3) is 0 Å². The molecular weight excluding hydrogens is 518 g/mol. The molecule has 9 rings (SSSR count). The molecule has 8 aliphatic rings. The Kier molecular flexibility index (Phi) is 5.53. The molecule has 41 heavy (non-hydrogen) atoms. The maximum atomic E-state index is 13.4. The SMILES string of the molecule is CCCCCN1C[C@]23Cc4ccc(O)c5c4[C@@]4(C2)[C@@H](O5)[C@@]2(OC)CC[C@@]4(C[C@@H]2CNC(=O)[C@@H]2CCCN2C(C)=O)[C@H]13. The number of amides is 2. The maximum absolute atomic E-state index is 13.4. The van der Waals surface area contributed by atoms with Crippen molar-refractivity contribution in [2.24, 2.45) is 16.7 Å². The van der Waals surface area contributed by atoms with E-state index in [-0.39, 0.29) is 51.9 Å². The molecule has 4 saturated carbocycles. The fourth-order valence-electron chi connectivity index (χ4n) is 11.9. The van der Waals surface area contributed by atoms with Crippen LogP contribution in [0.4, 0.5) is 0 Å². The summed E-state index contributed by atoms with van der Waals surface area (Å²) < 4.78 is 13.6. The first-order valence-electron chi connectivity index (χ1n) is 16.1. The predicted octanol–water partition coefficient (Wildman–Crippen LogP) is 3.52. The van der Waals surface area contributed by atoms with Gasteiger partial charge in [0.05, 0.1) is 0 Å². The number of nitrogens with one attached hydrogen (secondary N) is 1. The molecule has 6 fully saturated rings. The molecular formula is C33H45N3O5. The standard InChI is InChI=1S/C33H45N3O5/c1-4-5-6-13-35-19-30-15-21-9-10-24(38)26-25(21)32(18-30)29(41-26)33(40-3)12-11-31(32,28(30)35)16-22(33)17-34-27(39)23-8-7-14-36(23)20(2)37/h9-10,22-23,28-29,38H,4-8,11-19H2,1-3H3,(H,34,39)/t22-,23+,28-,29-,30+,31-,32+,33-/m1/s1. The average molecular weight is 564 g/mol. The van der Waals surface area contributed by atoms with Gasteiger partial charge in [-0.2, -0.15) is 0 Å². The van der Waals surface area contributed by atoms with E-state index in [0.717, 1.165) is 58.0 Å². The number of carbonyl (C=O) groups is 2. The monoisotopic (exact) mass is 563 g/mol. The quantitative estimate of drug-likeness (QED) is 0.471. The van der Waals surface area contributed by atoms with Gasteiger partial charge in [0, 0.05) is 67.4 Å². The number of hydrogen-bond acceptors (Lipinski definition) is 6. The average Bonchev–Trinajstić information content (AvgIpc) is 3.62. The van der Waals surface area contributed by atoms with E-state index in [1.165, 1.54) is 30.4 Å². The number of aromatic hydroxyl groups is 1. The van der Waals surface area contributed by atoms with Gasteiger partial charge in [0.25, 0.3) is 0 Å². The van der Waals surface area contributed by atoms with E-state index in [0.29, 0.717) is 24.9 Å². The van der Waals surface area contributed by atoms with Gasteiger partial charge in [-0.3, -0.25) is 14.5 Å². The van der Waals surface area contributed by atoms with Gasteiger partial charge in [0.15, 0.2) is 11.5 Å². The van der Waals surface area contributed by atoms with Crippen LogP contribution < -0.4 is 10.1 Å². The Morgan fingerprint density at radius 3 is 2.88 bits per heavy atom. The molecule has 3 aliphatic heterocycles. The van der Waals surface area contributed by atoms with Crippen LogP contribution in [0.15, 0.2) is 12.1 Å². The van der Waals surface area contributed by atoms with Crippen LogP contribution in [0.1, 0.15) is 82.8 Å². The molecule has 1 aromatic carbocycles. The minimum absolute atomic E-state index is 0.0286. The lowest BCUT2D eigenvalue weighted by Crippen LogP contribution is -2.77. The fourth-order valence-corrected chi connectivity index (χ4v) is 11.9. The molecule has 2 saturated heterocycles. The van der Waals surface area contributed by atoms with Crippen molar-refractivity contribution < 1.29 is 24.2 Å². The number of ether oxygens (including phenoxy) is 2. The molecule has 0 radical (unpaired) electrons. The van der Waals surface area contributed by atoms with Gasteiger partial charge >= 0.3 is 0 Å². The highest BCUT2D eigenvalue weighted by molar-refractivity contribution is 5.87. The van der Waals surface area contributed by atoms with Crippen molar-refractivity contribution >= 4 is 11.8 Å². The second-order valence-electron chi connectivity index (χ2n) is 14.5. The van der Waals surface area contributed by atoms with E-state index in [1.807, 2.05) is 13.2 Å². The van der Waals surface area contributed by atoms with Crippen LogP contribution >= 0.6 is 0 Å². The summed E-state index contributed by atoms with van der Waals surface area (Å²) in [5, 5.41) is 14.4. The number of unbranched alkanes of at least 4 members (excludes halogenated alkanes) is 2. The fraction of sp³-hybridized carbons (Fsp3) is 0.758. The number of benzene rings is 1. The summed E-state index contributed by atoms with van der Waals surface area (Å²) in [6, 6.07) is 4.12. The van der Waals surface area contributed by atoms with Crippen LogP contribution in [-0.2, 0) is 26.2 Å². The summed E-state index contributed by atoms with van der Waals surface area (Å²) in [5.41, 5.74) is 2.22. The number of fused-ring (bicyclic) bond motifs is 2. The van der Waals surface area contributed by atoms with Crippen LogP contribution in [0, 0.1) is 16.7 Å². The van der Waals surface area contributed by atoms with Gasteiger partial charge in [-0.1, -0.05) is 25.8 Å². The summed E-state index contributed by atoms with van der Waals surface area (Å²) in [6.07, 6.45) is 10.3. The summed E-state index contributed by atoms with van der Waals surface area (Å²) in [4.78, 5) is 30.1. The van der Waals surface area contributed by atoms with E-state index in [4.69, 9.17) is 9.47 Å². The van der Waals surface area contributed by atoms with Crippen molar-refractivity contribution in [3.63, 3.8) is 0 Å². The predicted molar refractivity (Wildman–Crippen MR) is 153 cm³/mol. The second kappa shape index (κ2) is 8.62. The number of likely N-dealkylation sites (tertiary alicyclic amines) is 2. The number of phenolic OH excluding ortho intramolecular Hbond substituents is 1. The van der Waals surface area contributed by atoms with Crippen molar-refractivity contribution in [2.75, 3.05) is 33.3 Å². The van der Waals surface area contributed by atoms with E-state index in [2.05, 4.69) is 23.2 Å². The van der Waals surface area contributed by atoms with Gasteiger partial charge in [-0.25, -0.2) is 0 Å². The number of methoxy groups -OCH3 is 1. The molecule has 8 atom stereocenters. The summed E-state index contributed by atoms with van der Waals surface area (Å²) in [5.74, 6) is 0.973. The number of rotatable bonds is 8. The smallest absolute Gasteiger partial charge is 0.242 e. The molecule has 2 amide bonds. The Hall–Kier alpha value is -2.32. The Morgan fingerprint density at radius 1 is 1.24 bits per heavy atom. The molecule has 222 valence electrons. The first kappa shape index (κ1) is 26.3. The third kappa shape index (κ3) is 2.99. The number of phenols is 1. The van der Waals surface area contributed by atoms with Crippen molar-refractivity contribution in [1.29, 1.82) is 0 Å². The van der Waals surface area contributed by atoms with E-state index in [9.17, 15) is 14.7 Å². The Bertz CT molecular complexity index is 1320. The Morgan fingerprint density at radius 2 is 2.10 bits per heavy atom. The lowest BCUT2D eigenvalue weighted by atomic mass is 9.40. The third-order valence-corrected chi connectivity index (χ3v) is 13.0. The molecule has 1 aromatic rings. The van der Waals surface area contributed by atoms with E-state index in [1.54, 1.807) is 11.8 Å². The lowest BCUT2D eigenvalue weighted by molar-refractivity contribution is -0.251. The maximum Gasteiger partial charge on any atom is 0.242 e.